The van der Waals surface area contributed by atoms with Gasteiger partial charge in [-0.25, -0.2) is 9.97 Å². The minimum atomic E-state index is -0.288. The Morgan fingerprint density at radius 1 is 1.27 bits per heavy atom. The lowest BCUT2D eigenvalue weighted by Crippen LogP contribution is -2.38. The molecule has 1 atom stereocenters. The fourth-order valence-corrected chi connectivity index (χ4v) is 2.83. The van der Waals surface area contributed by atoms with E-state index in [4.69, 9.17) is 0 Å². The third kappa shape index (κ3) is 2.14. The van der Waals surface area contributed by atoms with Gasteiger partial charge in [-0.2, -0.15) is 9.61 Å². The van der Waals surface area contributed by atoms with E-state index in [1.807, 2.05) is 24.3 Å². The molecular weight excluding hydrogens is 280 g/mol. The van der Waals surface area contributed by atoms with E-state index >= 15 is 0 Å². The summed E-state index contributed by atoms with van der Waals surface area (Å²) < 4.78 is 1.65. The number of nitrogens with one attached hydrogen (secondary N) is 2. The molecule has 1 fully saturated rings. The van der Waals surface area contributed by atoms with Crippen LogP contribution in [0.5, 0.6) is 0 Å². The molecule has 3 aromatic rings. The van der Waals surface area contributed by atoms with Crippen molar-refractivity contribution in [1.82, 2.24) is 24.9 Å². The van der Waals surface area contributed by atoms with E-state index in [-0.39, 0.29) is 11.9 Å². The molecule has 0 aliphatic carbocycles. The number of anilines is 1. The Labute approximate surface area is 126 Å². The molecule has 7 nitrogen and oxygen atoms in total. The molecule has 112 valence electrons. The Morgan fingerprint density at radius 2 is 2.18 bits per heavy atom. The maximum atomic E-state index is 12.1. The quantitative estimate of drug-likeness (QED) is 0.746. The van der Waals surface area contributed by atoms with Crippen molar-refractivity contribution < 1.29 is 4.79 Å². The van der Waals surface area contributed by atoms with Gasteiger partial charge in [0.1, 0.15) is 12.4 Å². The normalized spacial score (nSPS) is 19.1. The van der Waals surface area contributed by atoms with Gasteiger partial charge in [0.15, 0.2) is 5.65 Å². The van der Waals surface area contributed by atoms with Gasteiger partial charge in [0.25, 0.3) is 0 Å². The van der Waals surface area contributed by atoms with Crippen molar-refractivity contribution in [1.29, 1.82) is 0 Å². The number of fused-ring (bicyclic) bond motifs is 3. The van der Waals surface area contributed by atoms with Gasteiger partial charge in [0, 0.05) is 11.9 Å². The number of rotatable bonds is 2. The molecule has 1 saturated heterocycles. The van der Waals surface area contributed by atoms with Crippen molar-refractivity contribution in [3.63, 3.8) is 0 Å². The Kier molecular flexibility index (Phi) is 3.10. The number of carbonyl (C=O) groups is 1. The lowest BCUT2D eigenvalue weighted by molar-refractivity contribution is -0.121. The first-order chi connectivity index (χ1) is 10.8. The van der Waals surface area contributed by atoms with E-state index in [1.54, 1.807) is 4.52 Å². The maximum absolute atomic E-state index is 12.1. The number of aromatic nitrogens is 4. The van der Waals surface area contributed by atoms with E-state index in [0.717, 1.165) is 42.4 Å². The molecule has 0 unspecified atom stereocenters. The largest absolute Gasteiger partial charge is 0.354 e. The smallest absolute Gasteiger partial charge is 0.242 e. The van der Waals surface area contributed by atoms with Crippen molar-refractivity contribution in [3.8, 4) is 0 Å². The monoisotopic (exact) mass is 296 g/mol. The molecule has 4 rings (SSSR count). The zero-order chi connectivity index (χ0) is 14.9. The van der Waals surface area contributed by atoms with Crippen LogP contribution in [0.3, 0.4) is 0 Å². The maximum Gasteiger partial charge on any atom is 0.242 e. The van der Waals surface area contributed by atoms with Crippen LogP contribution in [-0.2, 0) is 4.79 Å². The number of benzene rings is 1. The van der Waals surface area contributed by atoms with Crippen molar-refractivity contribution in [3.05, 3.63) is 30.6 Å². The summed E-state index contributed by atoms with van der Waals surface area (Å²) in [6, 6.07) is 7.50. The second-order valence-corrected chi connectivity index (χ2v) is 5.43. The van der Waals surface area contributed by atoms with Crippen molar-refractivity contribution in [2.24, 2.45) is 0 Å². The molecule has 2 N–H and O–H groups in total. The van der Waals surface area contributed by atoms with Gasteiger partial charge in [-0.15, -0.1) is 0 Å². The molecule has 1 amide bonds. The Balaban J connectivity index is 1.79. The standard InChI is InChI=1S/C15H16N6O/c22-14-12(7-3-4-8-16-14)20-15-19-11-6-2-1-5-10(11)13-17-9-18-21(13)15/h1-2,5-6,9,12H,3-4,7-8H2,(H,16,22)(H,19,20)/t12-/m1/s1. The minimum Gasteiger partial charge on any atom is -0.354 e. The van der Waals surface area contributed by atoms with Crippen LogP contribution in [0.2, 0.25) is 0 Å². The van der Waals surface area contributed by atoms with Crippen LogP contribution >= 0.6 is 0 Å². The van der Waals surface area contributed by atoms with Gasteiger partial charge in [-0.1, -0.05) is 12.1 Å². The first-order valence-corrected chi connectivity index (χ1v) is 7.46. The van der Waals surface area contributed by atoms with Crippen LogP contribution < -0.4 is 10.6 Å². The second kappa shape index (κ2) is 5.25. The highest BCUT2D eigenvalue weighted by Crippen LogP contribution is 2.20. The van der Waals surface area contributed by atoms with E-state index in [0.29, 0.717) is 5.95 Å². The third-order valence-electron chi connectivity index (χ3n) is 3.96. The van der Waals surface area contributed by atoms with Gasteiger partial charge in [-0.3, -0.25) is 4.79 Å². The predicted octanol–water partition coefficient (Wildman–Crippen LogP) is 1.36. The van der Waals surface area contributed by atoms with E-state index in [2.05, 4.69) is 25.7 Å². The van der Waals surface area contributed by atoms with Crippen LogP contribution in [0, 0.1) is 0 Å². The summed E-state index contributed by atoms with van der Waals surface area (Å²) in [5.41, 5.74) is 1.57. The zero-order valence-corrected chi connectivity index (χ0v) is 12.0. The molecule has 0 radical (unpaired) electrons. The highest BCUT2D eigenvalue weighted by molar-refractivity contribution is 5.92. The SMILES string of the molecule is O=C1NCCCC[C@H]1Nc1nc2ccccc2c2ncnn12. The van der Waals surface area contributed by atoms with Gasteiger partial charge < -0.3 is 10.6 Å². The number of hydrogen-bond donors (Lipinski definition) is 2. The topological polar surface area (TPSA) is 84.2 Å². The molecule has 1 aliphatic rings. The first kappa shape index (κ1) is 13.0. The van der Waals surface area contributed by atoms with E-state index in [9.17, 15) is 4.79 Å². The third-order valence-corrected chi connectivity index (χ3v) is 3.96. The van der Waals surface area contributed by atoms with E-state index in [1.165, 1.54) is 6.33 Å². The number of carbonyl (C=O) groups excluding carboxylic acids is 1. The molecule has 7 heteroatoms. The summed E-state index contributed by atoms with van der Waals surface area (Å²) in [7, 11) is 0. The van der Waals surface area contributed by atoms with Crippen molar-refractivity contribution >= 4 is 28.4 Å². The van der Waals surface area contributed by atoms with Crippen LogP contribution in [0.4, 0.5) is 5.95 Å². The highest BCUT2D eigenvalue weighted by atomic mass is 16.2. The molecule has 22 heavy (non-hydrogen) atoms. The summed E-state index contributed by atoms with van der Waals surface area (Å²) in [5, 5.41) is 11.3. The van der Waals surface area contributed by atoms with Crippen molar-refractivity contribution in [2.75, 3.05) is 11.9 Å². The Hall–Kier alpha value is -2.70. The van der Waals surface area contributed by atoms with Crippen LogP contribution in [-0.4, -0.2) is 38.1 Å². The molecule has 3 heterocycles. The lowest BCUT2D eigenvalue weighted by Gasteiger charge is -2.16. The van der Waals surface area contributed by atoms with Crippen molar-refractivity contribution in [2.45, 2.75) is 25.3 Å². The lowest BCUT2D eigenvalue weighted by atomic mass is 10.1. The van der Waals surface area contributed by atoms with Gasteiger partial charge in [0.05, 0.1) is 5.52 Å². The van der Waals surface area contributed by atoms with Gasteiger partial charge >= 0.3 is 0 Å². The summed E-state index contributed by atoms with van der Waals surface area (Å²) in [4.78, 5) is 21.0. The molecule has 0 spiro atoms. The fourth-order valence-electron chi connectivity index (χ4n) is 2.83. The van der Waals surface area contributed by atoms with Gasteiger partial charge in [0.2, 0.25) is 11.9 Å². The summed E-state index contributed by atoms with van der Waals surface area (Å²) >= 11 is 0. The van der Waals surface area contributed by atoms with Gasteiger partial charge in [-0.05, 0) is 31.4 Å². The average molecular weight is 296 g/mol. The molecular formula is C15H16N6O. The number of para-hydroxylation sites is 1. The fraction of sp³-hybridized carbons (Fsp3) is 0.333. The van der Waals surface area contributed by atoms with E-state index < -0.39 is 0 Å². The Bertz CT molecular complexity index is 842. The molecule has 0 saturated carbocycles. The molecule has 0 bridgehead atoms. The molecule has 2 aromatic heterocycles. The van der Waals surface area contributed by atoms with Crippen LogP contribution in [0.25, 0.3) is 16.6 Å². The van der Waals surface area contributed by atoms with Crippen LogP contribution in [0.15, 0.2) is 30.6 Å². The summed E-state index contributed by atoms with van der Waals surface area (Å²) in [6.07, 6.45) is 4.30. The number of amides is 1. The highest BCUT2D eigenvalue weighted by Gasteiger charge is 2.22. The van der Waals surface area contributed by atoms with Crippen LogP contribution in [0.1, 0.15) is 19.3 Å². The first-order valence-electron chi connectivity index (χ1n) is 7.46. The minimum absolute atomic E-state index is 0.0146. The second-order valence-electron chi connectivity index (χ2n) is 5.43. The zero-order valence-electron chi connectivity index (χ0n) is 12.0. The summed E-state index contributed by atoms with van der Waals surface area (Å²) in [5.74, 6) is 0.564. The molecule has 1 aliphatic heterocycles. The predicted molar refractivity (Wildman–Crippen MR) is 82.6 cm³/mol. The number of nitrogens with zero attached hydrogens (tertiary/aromatic N) is 4. The summed E-state index contributed by atoms with van der Waals surface area (Å²) in [6.45, 7) is 0.737. The Morgan fingerprint density at radius 3 is 3.14 bits per heavy atom. The number of hydrogen-bond acceptors (Lipinski definition) is 5. The molecule has 1 aromatic carbocycles. The average Bonchev–Trinajstić information content (AvgIpc) is 2.95.